The molecule has 0 radical (unpaired) electrons. The van der Waals surface area contributed by atoms with Gasteiger partial charge in [-0.1, -0.05) is 43.3 Å². The molecule has 1 aliphatic carbocycles. The second-order valence-electron chi connectivity index (χ2n) is 5.43. The van der Waals surface area contributed by atoms with Crippen molar-refractivity contribution >= 4 is 17.9 Å². The molecule has 22 heavy (non-hydrogen) atoms. The van der Waals surface area contributed by atoms with Crippen LogP contribution in [0.15, 0.2) is 47.6 Å². The molecule has 1 N–H and O–H groups in total. The molecule has 0 amide bonds. The standard InChI is InChI=1S/C18H15F2NO/c1-11(10-21-22)17-13-6-3-2-5-12(13)9-14(17)18-15(19)7-4-8-16(18)20/h2-11,17,22H,1H3. The summed E-state index contributed by atoms with van der Waals surface area (Å²) in [5.41, 5.74) is 2.47. The van der Waals surface area contributed by atoms with E-state index in [2.05, 4.69) is 5.16 Å². The molecule has 0 bridgehead atoms. The first-order valence-corrected chi connectivity index (χ1v) is 7.06. The molecule has 0 aliphatic heterocycles. The highest BCUT2D eigenvalue weighted by atomic mass is 19.1. The number of hydrogen-bond acceptors (Lipinski definition) is 2. The Labute approximate surface area is 127 Å². The van der Waals surface area contributed by atoms with Gasteiger partial charge in [0.05, 0.1) is 0 Å². The molecule has 2 aromatic rings. The van der Waals surface area contributed by atoms with E-state index in [1.54, 1.807) is 0 Å². The van der Waals surface area contributed by atoms with E-state index in [0.717, 1.165) is 11.1 Å². The second kappa shape index (κ2) is 5.72. The predicted octanol–water partition coefficient (Wildman–Crippen LogP) is 4.70. The van der Waals surface area contributed by atoms with Crippen LogP contribution in [0.2, 0.25) is 0 Å². The van der Waals surface area contributed by atoms with Crippen LogP contribution in [-0.2, 0) is 0 Å². The molecule has 1 aliphatic rings. The second-order valence-corrected chi connectivity index (χ2v) is 5.43. The number of oxime groups is 1. The van der Waals surface area contributed by atoms with E-state index >= 15 is 0 Å². The summed E-state index contributed by atoms with van der Waals surface area (Å²) in [6.07, 6.45) is 3.20. The van der Waals surface area contributed by atoms with Gasteiger partial charge in [0.1, 0.15) is 11.6 Å². The summed E-state index contributed by atoms with van der Waals surface area (Å²) >= 11 is 0. The van der Waals surface area contributed by atoms with E-state index in [1.165, 1.54) is 24.4 Å². The van der Waals surface area contributed by atoms with Crippen LogP contribution in [-0.4, -0.2) is 11.4 Å². The van der Waals surface area contributed by atoms with E-state index in [0.29, 0.717) is 5.57 Å². The fourth-order valence-corrected chi connectivity index (χ4v) is 3.11. The summed E-state index contributed by atoms with van der Waals surface area (Å²) in [5.74, 6) is -1.62. The van der Waals surface area contributed by atoms with Crippen molar-refractivity contribution in [3.05, 3.63) is 70.8 Å². The van der Waals surface area contributed by atoms with Crippen molar-refractivity contribution in [1.82, 2.24) is 0 Å². The van der Waals surface area contributed by atoms with E-state index < -0.39 is 11.6 Å². The van der Waals surface area contributed by atoms with E-state index in [-0.39, 0.29) is 17.4 Å². The summed E-state index contributed by atoms with van der Waals surface area (Å²) in [5, 5.41) is 11.9. The predicted molar refractivity (Wildman–Crippen MR) is 82.9 cm³/mol. The minimum atomic E-state index is -0.586. The van der Waals surface area contributed by atoms with Crippen LogP contribution in [0, 0.1) is 17.6 Å². The van der Waals surface area contributed by atoms with Gasteiger partial charge in [0.2, 0.25) is 0 Å². The zero-order valence-electron chi connectivity index (χ0n) is 12.0. The van der Waals surface area contributed by atoms with E-state index in [9.17, 15) is 8.78 Å². The molecular weight excluding hydrogens is 284 g/mol. The highest BCUT2D eigenvalue weighted by Gasteiger charge is 2.32. The van der Waals surface area contributed by atoms with Crippen LogP contribution < -0.4 is 0 Å². The largest absolute Gasteiger partial charge is 0.411 e. The Morgan fingerprint density at radius 3 is 2.45 bits per heavy atom. The third kappa shape index (κ3) is 2.30. The highest BCUT2D eigenvalue weighted by molar-refractivity contribution is 5.93. The maximum Gasteiger partial charge on any atom is 0.133 e. The summed E-state index contributed by atoms with van der Waals surface area (Å²) in [6, 6.07) is 11.5. The Kier molecular flexibility index (Phi) is 3.75. The molecule has 0 heterocycles. The molecule has 0 saturated heterocycles. The Morgan fingerprint density at radius 2 is 1.77 bits per heavy atom. The van der Waals surface area contributed by atoms with Gasteiger partial charge in [-0.25, -0.2) is 8.78 Å². The van der Waals surface area contributed by atoms with Crippen molar-refractivity contribution in [2.24, 2.45) is 11.1 Å². The minimum absolute atomic E-state index is 0.0121. The maximum absolute atomic E-state index is 14.2. The summed E-state index contributed by atoms with van der Waals surface area (Å²) in [6.45, 7) is 1.86. The number of halogens is 2. The average Bonchev–Trinajstić information content (AvgIpc) is 2.86. The zero-order chi connectivity index (χ0) is 15.7. The fraction of sp³-hybridized carbons (Fsp3) is 0.167. The summed E-state index contributed by atoms with van der Waals surface area (Å²) < 4.78 is 28.4. The average molecular weight is 299 g/mol. The third-order valence-corrected chi connectivity index (χ3v) is 4.06. The molecule has 0 spiro atoms. The molecule has 2 nitrogen and oxygen atoms in total. The number of hydrogen-bond donors (Lipinski definition) is 1. The quantitative estimate of drug-likeness (QED) is 0.497. The summed E-state index contributed by atoms with van der Waals surface area (Å²) in [7, 11) is 0. The van der Waals surface area contributed by atoms with Gasteiger partial charge in [-0.05, 0) is 28.8 Å². The van der Waals surface area contributed by atoms with Gasteiger partial charge in [0.15, 0.2) is 0 Å². The van der Waals surface area contributed by atoms with Gasteiger partial charge in [0, 0.05) is 23.6 Å². The molecule has 0 fully saturated rings. The molecular formula is C18H15F2NO. The topological polar surface area (TPSA) is 32.6 Å². The van der Waals surface area contributed by atoms with Gasteiger partial charge >= 0.3 is 0 Å². The molecule has 112 valence electrons. The maximum atomic E-state index is 14.2. The number of fused-ring (bicyclic) bond motifs is 1. The van der Waals surface area contributed by atoms with Crippen LogP contribution >= 0.6 is 0 Å². The van der Waals surface area contributed by atoms with Crippen LogP contribution in [0.1, 0.15) is 29.5 Å². The Hall–Kier alpha value is -2.49. The number of nitrogens with zero attached hydrogens (tertiary/aromatic N) is 1. The number of benzene rings is 2. The minimum Gasteiger partial charge on any atom is -0.411 e. The van der Waals surface area contributed by atoms with E-state index in [4.69, 9.17) is 5.21 Å². The number of allylic oxidation sites excluding steroid dienone is 1. The van der Waals surface area contributed by atoms with Gasteiger partial charge < -0.3 is 5.21 Å². The van der Waals surface area contributed by atoms with Crippen LogP contribution in [0.4, 0.5) is 8.78 Å². The van der Waals surface area contributed by atoms with Crippen molar-refractivity contribution < 1.29 is 14.0 Å². The molecule has 2 unspecified atom stereocenters. The van der Waals surface area contributed by atoms with Crippen molar-refractivity contribution in [1.29, 1.82) is 0 Å². The van der Waals surface area contributed by atoms with Gasteiger partial charge in [0.25, 0.3) is 0 Å². The lowest BCUT2D eigenvalue weighted by Gasteiger charge is -2.21. The number of rotatable bonds is 3. The van der Waals surface area contributed by atoms with Gasteiger partial charge in [-0.15, -0.1) is 5.16 Å². The first-order chi connectivity index (χ1) is 10.6. The first-order valence-electron chi connectivity index (χ1n) is 7.06. The highest BCUT2D eigenvalue weighted by Crippen LogP contribution is 2.46. The SMILES string of the molecule is CC(C=NO)C1C(c2c(F)cccc2F)=Cc2ccccc21. The Morgan fingerprint density at radius 1 is 1.09 bits per heavy atom. The molecule has 4 heteroatoms. The van der Waals surface area contributed by atoms with Crippen LogP contribution in [0.25, 0.3) is 11.6 Å². The smallest absolute Gasteiger partial charge is 0.133 e. The zero-order valence-corrected chi connectivity index (χ0v) is 12.0. The van der Waals surface area contributed by atoms with Crippen molar-refractivity contribution in [2.75, 3.05) is 0 Å². The van der Waals surface area contributed by atoms with Crippen LogP contribution in [0.5, 0.6) is 0 Å². The van der Waals surface area contributed by atoms with Crippen molar-refractivity contribution in [3.8, 4) is 0 Å². The van der Waals surface area contributed by atoms with Crippen molar-refractivity contribution in [3.63, 3.8) is 0 Å². The van der Waals surface area contributed by atoms with Crippen LogP contribution in [0.3, 0.4) is 0 Å². The monoisotopic (exact) mass is 299 g/mol. The third-order valence-electron chi connectivity index (χ3n) is 4.06. The van der Waals surface area contributed by atoms with Gasteiger partial charge in [-0.2, -0.15) is 0 Å². The first kappa shape index (κ1) is 14.4. The normalized spacial score (nSPS) is 18.3. The lowest BCUT2D eigenvalue weighted by molar-refractivity contribution is 0.318. The Bertz CT molecular complexity index is 747. The summed E-state index contributed by atoms with van der Waals surface area (Å²) in [4.78, 5) is 0. The van der Waals surface area contributed by atoms with Gasteiger partial charge in [-0.3, -0.25) is 0 Å². The molecule has 0 saturated carbocycles. The van der Waals surface area contributed by atoms with E-state index in [1.807, 2.05) is 37.3 Å². The Balaban J connectivity index is 2.18. The molecule has 0 aromatic heterocycles. The molecule has 2 aromatic carbocycles. The fourth-order valence-electron chi connectivity index (χ4n) is 3.11. The van der Waals surface area contributed by atoms with Crippen molar-refractivity contribution in [2.45, 2.75) is 12.8 Å². The molecule has 3 rings (SSSR count). The lowest BCUT2D eigenvalue weighted by atomic mass is 9.82. The molecule has 2 atom stereocenters. The lowest BCUT2D eigenvalue weighted by Crippen LogP contribution is -2.12.